The number of rotatable bonds is 3. The highest BCUT2D eigenvalue weighted by atomic mass is 16.5. The molecule has 2 aromatic rings. The third kappa shape index (κ3) is 2.96. The van der Waals surface area contributed by atoms with Crippen LogP contribution in [0, 0.1) is 0 Å². The minimum atomic E-state index is 0.0608. The van der Waals surface area contributed by atoms with Crippen LogP contribution >= 0.6 is 0 Å². The number of ether oxygens (including phenoxy) is 1. The van der Waals surface area contributed by atoms with Crippen LogP contribution in [0.2, 0.25) is 0 Å². The summed E-state index contributed by atoms with van der Waals surface area (Å²) in [5, 5.41) is 0. The molecule has 22 heavy (non-hydrogen) atoms. The lowest BCUT2D eigenvalue weighted by Gasteiger charge is -2.32. The van der Waals surface area contributed by atoms with E-state index in [1.54, 1.807) is 7.11 Å². The number of para-hydroxylation sites is 1. The molecule has 0 radical (unpaired) electrons. The van der Waals surface area contributed by atoms with Crippen molar-refractivity contribution in [2.75, 3.05) is 20.2 Å². The van der Waals surface area contributed by atoms with Crippen LogP contribution < -0.4 is 4.74 Å². The molecule has 0 unspecified atom stereocenters. The van der Waals surface area contributed by atoms with E-state index in [1.165, 1.54) is 5.56 Å². The summed E-state index contributed by atoms with van der Waals surface area (Å²) in [7, 11) is 1.60. The standard InChI is InChI=1S/C18H20N2O2/c1-22-17-5-3-2-4-16(17)18(21)20-12-8-15(9-13-20)14-6-10-19-11-7-14/h2-7,10-11,15H,8-9,12-13H2,1H3. The summed E-state index contributed by atoms with van der Waals surface area (Å²) in [4.78, 5) is 18.6. The molecule has 1 amide bonds. The van der Waals surface area contributed by atoms with Crippen molar-refractivity contribution in [3.05, 3.63) is 59.9 Å². The number of carbonyl (C=O) groups is 1. The molecule has 0 atom stereocenters. The highest BCUT2D eigenvalue weighted by Crippen LogP contribution is 2.29. The van der Waals surface area contributed by atoms with Crippen LogP contribution in [0.3, 0.4) is 0 Å². The number of amides is 1. The number of carbonyl (C=O) groups excluding carboxylic acids is 1. The molecule has 2 heterocycles. The van der Waals surface area contributed by atoms with E-state index >= 15 is 0 Å². The van der Waals surface area contributed by atoms with E-state index in [0.717, 1.165) is 25.9 Å². The number of piperidine rings is 1. The number of methoxy groups -OCH3 is 1. The number of aromatic nitrogens is 1. The maximum Gasteiger partial charge on any atom is 0.257 e. The highest BCUT2D eigenvalue weighted by Gasteiger charge is 2.25. The van der Waals surface area contributed by atoms with Gasteiger partial charge in [0.15, 0.2) is 0 Å². The lowest BCUT2D eigenvalue weighted by atomic mass is 9.90. The zero-order valence-corrected chi connectivity index (χ0v) is 12.7. The van der Waals surface area contributed by atoms with E-state index in [2.05, 4.69) is 17.1 Å². The summed E-state index contributed by atoms with van der Waals surface area (Å²) in [6.45, 7) is 1.56. The second-order valence-electron chi connectivity index (χ2n) is 5.55. The van der Waals surface area contributed by atoms with Crippen molar-refractivity contribution in [3.63, 3.8) is 0 Å². The lowest BCUT2D eigenvalue weighted by Crippen LogP contribution is -2.38. The van der Waals surface area contributed by atoms with Crippen LogP contribution in [0.4, 0.5) is 0 Å². The summed E-state index contributed by atoms with van der Waals surface area (Å²) in [5.74, 6) is 1.22. The van der Waals surface area contributed by atoms with Gasteiger partial charge in [-0.3, -0.25) is 9.78 Å². The third-order valence-corrected chi connectivity index (χ3v) is 4.30. The summed E-state index contributed by atoms with van der Waals surface area (Å²) in [6, 6.07) is 11.6. The molecule has 4 nitrogen and oxygen atoms in total. The summed E-state index contributed by atoms with van der Waals surface area (Å²) in [6.07, 6.45) is 5.65. The topological polar surface area (TPSA) is 42.4 Å². The second kappa shape index (κ2) is 6.60. The van der Waals surface area contributed by atoms with Crippen LogP contribution in [0.25, 0.3) is 0 Å². The fourth-order valence-electron chi connectivity index (χ4n) is 3.04. The Morgan fingerprint density at radius 3 is 2.50 bits per heavy atom. The number of hydrogen-bond donors (Lipinski definition) is 0. The Hall–Kier alpha value is -2.36. The minimum Gasteiger partial charge on any atom is -0.496 e. The van der Waals surface area contributed by atoms with Gasteiger partial charge in [0.25, 0.3) is 5.91 Å². The fourth-order valence-corrected chi connectivity index (χ4v) is 3.04. The Bertz CT molecular complexity index is 635. The monoisotopic (exact) mass is 296 g/mol. The van der Waals surface area contributed by atoms with Gasteiger partial charge in [-0.15, -0.1) is 0 Å². The van der Waals surface area contributed by atoms with Gasteiger partial charge in [0.1, 0.15) is 5.75 Å². The molecule has 1 saturated heterocycles. The number of benzene rings is 1. The molecule has 1 aromatic heterocycles. The molecule has 0 N–H and O–H groups in total. The molecule has 0 spiro atoms. The zero-order valence-electron chi connectivity index (χ0n) is 12.7. The van der Waals surface area contributed by atoms with Crippen LogP contribution in [0.15, 0.2) is 48.8 Å². The number of nitrogens with zero attached hydrogens (tertiary/aromatic N) is 2. The number of hydrogen-bond acceptors (Lipinski definition) is 3. The van der Waals surface area contributed by atoms with Gasteiger partial charge in [-0.1, -0.05) is 12.1 Å². The van der Waals surface area contributed by atoms with Crippen molar-refractivity contribution in [3.8, 4) is 5.75 Å². The van der Waals surface area contributed by atoms with Crippen LogP contribution in [0.1, 0.15) is 34.7 Å². The third-order valence-electron chi connectivity index (χ3n) is 4.30. The van der Waals surface area contributed by atoms with Crippen molar-refractivity contribution in [2.24, 2.45) is 0 Å². The quantitative estimate of drug-likeness (QED) is 0.874. The van der Waals surface area contributed by atoms with Crippen molar-refractivity contribution in [2.45, 2.75) is 18.8 Å². The van der Waals surface area contributed by atoms with Crippen molar-refractivity contribution in [1.82, 2.24) is 9.88 Å². The first-order chi connectivity index (χ1) is 10.8. The fraction of sp³-hybridized carbons (Fsp3) is 0.333. The molecule has 0 bridgehead atoms. The first-order valence-corrected chi connectivity index (χ1v) is 7.62. The highest BCUT2D eigenvalue weighted by molar-refractivity contribution is 5.97. The van der Waals surface area contributed by atoms with Gasteiger partial charge in [0.05, 0.1) is 12.7 Å². The van der Waals surface area contributed by atoms with Gasteiger partial charge < -0.3 is 9.64 Å². The first kappa shape index (κ1) is 14.6. The van der Waals surface area contributed by atoms with Crippen molar-refractivity contribution >= 4 is 5.91 Å². The van der Waals surface area contributed by atoms with E-state index in [4.69, 9.17) is 4.74 Å². The normalized spacial score (nSPS) is 15.6. The second-order valence-corrected chi connectivity index (χ2v) is 5.55. The maximum absolute atomic E-state index is 12.7. The predicted octanol–water partition coefficient (Wildman–Crippen LogP) is 3.11. The number of pyridine rings is 1. The lowest BCUT2D eigenvalue weighted by molar-refractivity contribution is 0.0709. The Kier molecular flexibility index (Phi) is 4.37. The molecule has 1 aliphatic heterocycles. The molecule has 3 rings (SSSR count). The average Bonchev–Trinajstić information content (AvgIpc) is 2.62. The van der Waals surface area contributed by atoms with Gasteiger partial charge in [0.2, 0.25) is 0 Å². The molecule has 4 heteroatoms. The molecule has 0 aliphatic carbocycles. The van der Waals surface area contributed by atoms with Crippen molar-refractivity contribution < 1.29 is 9.53 Å². The Morgan fingerprint density at radius 2 is 1.82 bits per heavy atom. The maximum atomic E-state index is 12.7. The summed E-state index contributed by atoms with van der Waals surface area (Å²) in [5.41, 5.74) is 1.96. The average molecular weight is 296 g/mol. The van der Waals surface area contributed by atoms with Gasteiger partial charge in [-0.2, -0.15) is 0 Å². The van der Waals surface area contributed by atoms with Gasteiger partial charge in [-0.25, -0.2) is 0 Å². The Labute approximate surface area is 130 Å². The summed E-state index contributed by atoms with van der Waals surface area (Å²) >= 11 is 0. The van der Waals surface area contributed by atoms with Gasteiger partial charge >= 0.3 is 0 Å². The number of likely N-dealkylation sites (tertiary alicyclic amines) is 1. The predicted molar refractivity (Wildman–Crippen MR) is 85.1 cm³/mol. The smallest absolute Gasteiger partial charge is 0.257 e. The van der Waals surface area contributed by atoms with E-state index in [0.29, 0.717) is 17.2 Å². The van der Waals surface area contributed by atoms with Crippen molar-refractivity contribution in [1.29, 1.82) is 0 Å². The Morgan fingerprint density at radius 1 is 1.14 bits per heavy atom. The van der Waals surface area contributed by atoms with Crippen LogP contribution in [-0.4, -0.2) is 36.0 Å². The molecular formula is C18H20N2O2. The zero-order chi connectivity index (χ0) is 15.4. The van der Waals surface area contributed by atoms with Gasteiger partial charge in [0, 0.05) is 25.5 Å². The van der Waals surface area contributed by atoms with Gasteiger partial charge in [-0.05, 0) is 48.6 Å². The van der Waals surface area contributed by atoms with E-state index in [1.807, 2.05) is 41.6 Å². The molecule has 0 saturated carbocycles. The van der Waals surface area contributed by atoms with E-state index in [-0.39, 0.29) is 5.91 Å². The minimum absolute atomic E-state index is 0.0608. The van der Waals surface area contributed by atoms with Crippen LogP contribution in [-0.2, 0) is 0 Å². The SMILES string of the molecule is COc1ccccc1C(=O)N1CCC(c2ccncc2)CC1. The van der Waals surface area contributed by atoms with E-state index in [9.17, 15) is 4.79 Å². The van der Waals surface area contributed by atoms with E-state index < -0.39 is 0 Å². The van der Waals surface area contributed by atoms with Crippen LogP contribution in [0.5, 0.6) is 5.75 Å². The molecule has 1 aliphatic rings. The Balaban J connectivity index is 1.67. The molecule has 1 fully saturated rings. The first-order valence-electron chi connectivity index (χ1n) is 7.62. The molecule has 1 aromatic carbocycles. The molecule has 114 valence electrons. The summed E-state index contributed by atoms with van der Waals surface area (Å²) < 4.78 is 5.29. The largest absolute Gasteiger partial charge is 0.496 e. The molecular weight excluding hydrogens is 276 g/mol.